The summed E-state index contributed by atoms with van der Waals surface area (Å²) in [5, 5.41) is 7.13. The molecule has 0 atom stereocenters. The predicted octanol–water partition coefficient (Wildman–Crippen LogP) is 4.27. The van der Waals surface area contributed by atoms with E-state index in [9.17, 15) is 22.0 Å². The van der Waals surface area contributed by atoms with E-state index in [-0.39, 0.29) is 31.7 Å². The van der Waals surface area contributed by atoms with Crippen LogP contribution in [0.2, 0.25) is 0 Å². The maximum Gasteiger partial charge on any atom is 0.405 e. The number of piperidine rings is 1. The molecule has 2 aromatic heterocycles. The highest BCUT2D eigenvalue weighted by Gasteiger charge is 2.34. The normalized spacial score (nSPS) is 16.7. The molecule has 0 unspecified atom stereocenters. The molecule has 2 aromatic rings. The van der Waals surface area contributed by atoms with Gasteiger partial charge in [0.1, 0.15) is 18.2 Å². The number of pyridine rings is 1. The lowest BCUT2D eigenvalue weighted by molar-refractivity contribution is -0.115. The Morgan fingerprint density at radius 3 is 2.47 bits per heavy atom. The molecule has 0 radical (unpaired) electrons. The Bertz CT molecular complexity index is 859. The number of rotatable bonds is 7. The van der Waals surface area contributed by atoms with Gasteiger partial charge in [0.25, 0.3) is 5.92 Å². The molecular weight excluding hydrogens is 427 g/mol. The lowest BCUT2D eigenvalue weighted by atomic mass is 10.1. The van der Waals surface area contributed by atoms with E-state index in [4.69, 9.17) is 0 Å². The van der Waals surface area contributed by atoms with Gasteiger partial charge in [-0.3, -0.25) is 4.68 Å². The molecule has 12 heteroatoms. The maximum absolute atomic E-state index is 13.5. The van der Waals surface area contributed by atoms with Gasteiger partial charge in [0.15, 0.2) is 0 Å². The van der Waals surface area contributed by atoms with Crippen LogP contribution in [0.25, 0.3) is 0 Å². The van der Waals surface area contributed by atoms with Crippen molar-refractivity contribution in [3.8, 4) is 0 Å². The van der Waals surface area contributed by atoms with Gasteiger partial charge in [-0.05, 0) is 6.07 Å². The number of halogens is 5. The van der Waals surface area contributed by atoms with Crippen LogP contribution in [-0.4, -0.2) is 51.5 Å². The third-order valence-electron chi connectivity index (χ3n) is 4.69. The number of nitrogens with one attached hydrogen (secondary N) is 1. The van der Waals surface area contributed by atoms with E-state index in [1.165, 1.54) is 17.8 Å². The molecule has 30 heavy (non-hydrogen) atoms. The summed E-state index contributed by atoms with van der Waals surface area (Å²) in [6.45, 7) is 0.994. The van der Waals surface area contributed by atoms with Gasteiger partial charge >= 0.3 is 6.18 Å². The summed E-state index contributed by atoms with van der Waals surface area (Å²) in [7, 11) is 1.79. The van der Waals surface area contributed by atoms with E-state index >= 15 is 0 Å². The molecule has 0 saturated carbocycles. The lowest BCUT2D eigenvalue weighted by Gasteiger charge is -2.33. The summed E-state index contributed by atoms with van der Waals surface area (Å²) in [4.78, 5) is 10.4. The molecule has 0 aliphatic carbocycles. The minimum Gasteiger partial charge on any atom is -0.371 e. The van der Waals surface area contributed by atoms with Gasteiger partial charge in [0.2, 0.25) is 5.16 Å². The number of hydrogen-bond acceptors (Lipinski definition) is 6. The van der Waals surface area contributed by atoms with E-state index in [2.05, 4.69) is 20.4 Å². The second-order valence-electron chi connectivity index (χ2n) is 7.09. The van der Waals surface area contributed by atoms with Crippen LogP contribution in [-0.2, 0) is 19.2 Å². The van der Waals surface area contributed by atoms with Crippen LogP contribution in [0, 0.1) is 0 Å². The van der Waals surface area contributed by atoms with Crippen molar-refractivity contribution in [1.29, 1.82) is 0 Å². The molecule has 1 N–H and O–H groups in total. The van der Waals surface area contributed by atoms with Gasteiger partial charge in [0, 0.05) is 56.9 Å². The van der Waals surface area contributed by atoms with Crippen LogP contribution in [0.1, 0.15) is 31.3 Å². The van der Waals surface area contributed by atoms with Crippen LogP contribution in [0.3, 0.4) is 0 Å². The first-order valence-corrected chi connectivity index (χ1v) is 10.5. The zero-order valence-corrected chi connectivity index (χ0v) is 17.5. The van der Waals surface area contributed by atoms with E-state index in [1.54, 1.807) is 22.7 Å². The number of alkyl halides is 5. The minimum atomic E-state index is -4.39. The van der Waals surface area contributed by atoms with Crippen molar-refractivity contribution in [2.75, 3.05) is 29.9 Å². The number of hydrogen-bond donors (Lipinski definition) is 1. The van der Waals surface area contributed by atoms with Crippen molar-refractivity contribution >= 4 is 23.3 Å². The number of thioether (sulfide) groups is 1. The number of aryl methyl sites for hydroxylation is 2. The van der Waals surface area contributed by atoms with Crippen molar-refractivity contribution in [3.05, 3.63) is 23.7 Å². The molecule has 1 saturated heterocycles. The molecule has 1 aliphatic heterocycles. The van der Waals surface area contributed by atoms with Crippen LogP contribution < -0.4 is 10.2 Å². The van der Waals surface area contributed by atoms with Gasteiger partial charge in [0.05, 0.1) is 5.69 Å². The Hall–Kier alpha value is -2.11. The maximum atomic E-state index is 13.5. The van der Waals surface area contributed by atoms with E-state index in [0.29, 0.717) is 22.3 Å². The number of anilines is 2. The summed E-state index contributed by atoms with van der Waals surface area (Å²) >= 11 is 1.32. The van der Waals surface area contributed by atoms with Crippen molar-refractivity contribution < 1.29 is 22.0 Å². The summed E-state index contributed by atoms with van der Waals surface area (Å²) in [5.74, 6) is -1.49. The van der Waals surface area contributed by atoms with Crippen molar-refractivity contribution in [2.24, 2.45) is 7.05 Å². The molecule has 0 bridgehead atoms. The zero-order valence-electron chi connectivity index (χ0n) is 16.6. The fourth-order valence-corrected chi connectivity index (χ4v) is 3.88. The fraction of sp³-hybridized carbons (Fsp3) is 0.611. The van der Waals surface area contributed by atoms with Crippen LogP contribution in [0.5, 0.6) is 0 Å². The first-order chi connectivity index (χ1) is 14.0. The molecule has 1 aliphatic rings. The minimum absolute atomic E-state index is 0.0565. The Morgan fingerprint density at radius 1 is 1.17 bits per heavy atom. The first kappa shape index (κ1) is 22.6. The van der Waals surface area contributed by atoms with Gasteiger partial charge in [-0.15, -0.1) is 5.10 Å². The predicted molar refractivity (Wildman–Crippen MR) is 105 cm³/mol. The summed E-state index contributed by atoms with van der Waals surface area (Å²) in [5.41, 5.74) is 1.09. The van der Waals surface area contributed by atoms with Crippen LogP contribution >= 0.6 is 11.8 Å². The Labute approximate surface area is 175 Å². The van der Waals surface area contributed by atoms with E-state index in [0.717, 1.165) is 12.2 Å². The summed E-state index contributed by atoms with van der Waals surface area (Å²) in [6.07, 6.45) is -4.25. The molecule has 166 valence electrons. The molecular formula is C18H23F5N6S. The van der Waals surface area contributed by atoms with Gasteiger partial charge in [-0.25, -0.2) is 18.7 Å². The highest BCUT2D eigenvalue weighted by molar-refractivity contribution is 7.98. The third kappa shape index (κ3) is 6.19. The van der Waals surface area contributed by atoms with Gasteiger partial charge in [-0.1, -0.05) is 18.7 Å². The first-order valence-electron chi connectivity index (χ1n) is 9.52. The Morgan fingerprint density at radius 2 is 1.87 bits per heavy atom. The van der Waals surface area contributed by atoms with Crippen LogP contribution in [0.4, 0.5) is 33.5 Å². The topological polar surface area (TPSA) is 58.9 Å². The van der Waals surface area contributed by atoms with Gasteiger partial charge < -0.3 is 10.2 Å². The zero-order chi connectivity index (χ0) is 21.9. The number of aromatic nitrogens is 4. The average molecular weight is 450 g/mol. The van der Waals surface area contributed by atoms with Crippen molar-refractivity contribution in [2.45, 2.75) is 49.2 Å². The van der Waals surface area contributed by atoms with Crippen LogP contribution in [0.15, 0.2) is 17.3 Å². The lowest BCUT2D eigenvalue weighted by Crippen LogP contribution is -2.39. The monoisotopic (exact) mass is 450 g/mol. The standard InChI is InChI=1S/C18H23F5N6S/c1-3-15-26-16(27-28(15)2)30-10-12-8-13(29-6-4-17(19,20)5-7-29)9-14(25-12)24-11-18(21,22)23/h8-9H,3-7,10-11H2,1-2H3,(H,24,25). The smallest absolute Gasteiger partial charge is 0.371 e. The number of nitrogens with zero attached hydrogens (tertiary/aromatic N) is 5. The van der Waals surface area contributed by atoms with E-state index < -0.39 is 18.6 Å². The van der Waals surface area contributed by atoms with Crippen molar-refractivity contribution in [1.82, 2.24) is 19.7 Å². The molecule has 3 heterocycles. The summed E-state index contributed by atoms with van der Waals surface area (Å²) in [6, 6.07) is 3.19. The average Bonchev–Trinajstić information content (AvgIpc) is 3.04. The molecule has 0 spiro atoms. The Balaban J connectivity index is 1.77. The largest absolute Gasteiger partial charge is 0.405 e. The highest BCUT2D eigenvalue weighted by atomic mass is 32.2. The van der Waals surface area contributed by atoms with Crippen molar-refractivity contribution in [3.63, 3.8) is 0 Å². The highest BCUT2D eigenvalue weighted by Crippen LogP contribution is 2.32. The molecule has 0 aromatic carbocycles. The van der Waals surface area contributed by atoms with Gasteiger partial charge in [-0.2, -0.15) is 13.2 Å². The molecule has 0 amide bonds. The second kappa shape index (κ2) is 8.94. The Kier molecular flexibility index (Phi) is 6.73. The SMILES string of the molecule is CCc1nc(SCc2cc(N3CCC(F)(F)CC3)cc(NCC(F)(F)F)n2)nn1C. The molecule has 6 nitrogen and oxygen atoms in total. The summed E-state index contributed by atoms with van der Waals surface area (Å²) < 4.78 is 66.5. The molecule has 1 fully saturated rings. The van der Waals surface area contributed by atoms with E-state index in [1.807, 2.05) is 6.92 Å². The third-order valence-corrected chi connectivity index (χ3v) is 5.56. The quantitative estimate of drug-likeness (QED) is 0.502. The fourth-order valence-electron chi connectivity index (χ4n) is 3.10. The second-order valence-corrected chi connectivity index (χ2v) is 8.03. The molecule has 3 rings (SSSR count).